The van der Waals surface area contributed by atoms with Gasteiger partial charge in [-0.25, -0.2) is 0 Å². The highest BCUT2D eigenvalue weighted by atomic mass is 35.5. The normalized spacial score (nSPS) is 10.5. The lowest BCUT2D eigenvalue weighted by atomic mass is 10.2. The molecule has 1 aromatic carbocycles. The predicted octanol–water partition coefficient (Wildman–Crippen LogP) is 3.04. The average Bonchev–Trinajstić information content (AvgIpc) is 2.70. The van der Waals surface area contributed by atoms with E-state index in [0.29, 0.717) is 0 Å². The number of aryl methyl sites for hydroxylation is 2. The maximum Gasteiger partial charge on any atom is 0.0522 e. The topological polar surface area (TPSA) is 29.9 Å². The SMILES string of the molecule is Cc1ccc(NCCc2cnn(C)c2)cc1Cl. The summed E-state index contributed by atoms with van der Waals surface area (Å²) in [5, 5.41) is 8.29. The lowest BCUT2D eigenvalue weighted by Gasteiger charge is -2.07. The van der Waals surface area contributed by atoms with Gasteiger partial charge in [0.25, 0.3) is 0 Å². The number of nitrogens with zero attached hydrogens (tertiary/aromatic N) is 2. The van der Waals surface area contributed by atoms with Gasteiger partial charge >= 0.3 is 0 Å². The van der Waals surface area contributed by atoms with Crippen LogP contribution < -0.4 is 5.32 Å². The second-order valence-electron chi connectivity index (χ2n) is 4.16. The minimum atomic E-state index is 0.802. The van der Waals surface area contributed by atoms with Crippen molar-refractivity contribution in [3.05, 3.63) is 46.7 Å². The van der Waals surface area contributed by atoms with Crippen molar-refractivity contribution in [2.45, 2.75) is 13.3 Å². The second kappa shape index (κ2) is 5.23. The summed E-state index contributed by atoms with van der Waals surface area (Å²) in [5.41, 5.74) is 3.40. The molecular formula is C13H16ClN3. The third-order valence-corrected chi connectivity index (χ3v) is 3.08. The smallest absolute Gasteiger partial charge is 0.0522 e. The highest BCUT2D eigenvalue weighted by molar-refractivity contribution is 6.31. The first-order valence-electron chi connectivity index (χ1n) is 5.63. The Hall–Kier alpha value is -1.48. The molecule has 0 saturated heterocycles. The van der Waals surface area contributed by atoms with E-state index in [1.807, 2.05) is 49.2 Å². The van der Waals surface area contributed by atoms with Gasteiger partial charge in [0.15, 0.2) is 0 Å². The first-order chi connectivity index (χ1) is 8.15. The molecule has 1 heterocycles. The van der Waals surface area contributed by atoms with E-state index < -0.39 is 0 Å². The molecule has 1 N–H and O–H groups in total. The van der Waals surface area contributed by atoms with Gasteiger partial charge in [0, 0.05) is 30.5 Å². The molecule has 3 nitrogen and oxygen atoms in total. The Bertz CT molecular complexity index is 505. The fourth-order valence-corrected chi connectivity index (χ4v) is 1.84. The summed E-state index contributed by atoms with van der Waals surface area (Å²) in [5.74, 6) is 0. The van der Waals surface area contributed by atoms with Gasteiger partial charge in [-0.15, -0.1) is 0 Å². The zero-order valence-electron chi connectivity index (χ0n) is 10.1. The standard InChI is InChI=1S/C13H16ClN3/c1-10-3-4-12(7-13(10)14)15-6-5-11-8-16-17(2)9-11/h3-4,7-9,15H,5-6H2,1-2H3. The van der Waals surface area contributed by atoms with Crippen molar-refractivity contribution in [2.75, 3.05) is 11.9 Å². The maximum absolute atomic E-state index is 6.06. The summed E-state index contributed by atoms with van der Waals surface area (Å²) >= 11 is 6.06. The van der Waals surface area contributed by atoms with Gasteiger partial charge in [0.05, 0.1) is 6.20 Å². The molecule has 0 aliphatic carbocycles. The van der Waals surface area contributed by atoms with Crippen LogP contribution in [-0.2, 0) is 13.5 Å². The first-order valence-corrected chi connectivity index (χ1v) is 6.00. The number of anilines is 1. The van der Waals surface area contributed by atoms with Gasteiger partial charge < -0.3 is 5.32 Å². The van der Waals surface area contributed by atoms with Crippen molar-refractivity contribution >= 4 is 17.3 Å². The van der Waals surface area contributed by atoms with E-state index in [9.17, 15) is 0 Å². The quantitative estimate of drug-likeness (QED) is 0.903. The molecule has 0 bridgehead atoms. The molecule has 0 amide bonds. The van der Waals surface area contributed by atoms with E-state index in [-0.39, 0.29) is 0 Å². The van der Waals surface area contributed by atoms with Crippen molar-refractivity contribution in [3.63, 3.8) is 0 Å². The molecule has 1 aromatic heterocycles. The predicted molar refractivity (Wildman–Crippen MR) is 71.6 cm³/mol. The molecular weight excluding hydrogens is 234 g/mol. The van der Waals surface area contributed by atoms with Crippen LogP contribution in [0.2, 0.25) is 5.02 Å². The van der Waals surface area contributed by atoms with E-state index in [1.54, 1.807) is 0 Å². The average molecular weight is 250 g/mol. The van der Waals surface area contributed by atoms with Crippen LogP contribution in [0.3, 0.4) is 0 Å². The van der Waals surface area contributed by atoms with E-state index in [0.717, 1.165) is 29.2 Å². The van der Waals surface area contributed by atoms with Crippen molar-refractivity contribution in [1.82, 2.24) is 9.78 Å². The molecule has 0 saturated carbocycles. The first kappa shape index (κ1) is 12.0. The van der Waals surface area contributed by atoms with Crippen molar-refractivity contribution in [1.29, 1.82) is 0 Å². The summed E-state index contributed by atoms with van der Waals surface area (Å²) in [6, 6.07) is 6.03. The van der Waals surface area contributed by atoms with Crippen LogP contribution in [-0.4, -0.2) is 16.3 Å². The minimum absolute atomic E-state index is 0.802. The molecule has 0 spiro atoms. The van der Waals surface area contributed by atoms with E-state index >= 15 is 0 Å². The molecule has 0 atom stereocenters. The number of nitrogens with one attached hydrogen (secondary N) is 1. The number of rotatable bonds is 4. The number of halogens is 1. The maximum atomic E-state index is 6.06. The Morgan fingerprint density at radius 3 is 2.88 bits per heavy atom. The largest absolute Gasteiger partial charge is 0.385 e. The molecule has 4 heteroatoms. The van der Waals surface area contributed by atoms with Crippen molar-refractivity contribution in [3.8, 4) is 0 Å². The Kier molecular flexibility index (Phi) is 3.69. The monoisotopic (exact) mass is 249 g/mol. The van der Waals surface area contributed by atoms with Crippen LogP contribution in [0.4, 0.5) is 5.69 Å². The Labute approximate surface area is 106 Å². The number of benzene rings is 1. The van der Waals surface area contributed by atoms with Crippen LogP contribution in [0.25, 0.3) is 0 Å². The Balaban J connectivity index is 1.87. The summed E-state index contributed by atoms with van der Waals surface area (Å²) in [6.45, 7) is 2.88. The van der Waals surface area contributed by atoms with Gasteiger partial charge in [-0.2, -0.15) is 5.10 Å². The second-order valence-corrected chi connectivity index (χ2v) is 4.57. The highest BCUT2D eigenvalue weighted by Crippen LogP contribution is 2.19. The van der Waals surface area contributed by atoms with Crippen LogP contribution >= 0.6 is 11.6 Å². The van der Waals surface area contributed by atoms with Gasteiger partial charge in [-0.3, -0.25) is 4.68 Å². The summed E-state index contributed by atoms with van der Waals surface area (Å²) in [6.07, 6.45) is 4.88. The molecule has 2 aromatic rings. The van der Waals surface area contributed by atoms with Crippen LogP contribution in [0, 0.1) is 6.92 Å². The van der Waals surface area contributed by atoms with Gasteiger partial charge in [0.2, 0.25) is 0 Å². The molecule has 90 valence electrons. The molecule has 0 unspecified atom stereocenters. The summed E-state index contributed by atoms with van der Waals surface area (Å²) < 4.78 is 1.82. The fraction of sp³-hybridized carbons (Fsp3) is 0.308. The Morgan fingerprint density at radius 2 is 2.24 bits per heavy atom. The van der Waals surface area contributed by atoms with E-state index in [4.69, 9.17) is 11.6 Å². The molecule has 17 heavy (non-hydrogen) atoms. The molecule has 0 fully saturated rings. The summed E-state index contributed by atoms with van der Waals surface area (Å²) in [4.78, 5) is 0. The molecule has 2 rings (SSSR count). The minimum Gasteiger partial charge on any atom is -0.385 e. The zero-order valence-corrected chi connectivity index (χ0v) is 10.8. The van der Waals surface area contributed by atoms with E-state index in [1.165, 1.54) is 5.56 Å². The van der Waals surface area contributed by atoms with Gasteiger partial charge in [-0.05, 0) is 36.6 Å². The third kappa shape index (κ3) is 3.24. The van der Waals surface area contributed by atoms with Crippen LogP contribution in [0.15, 0.2) is 30.6 Å². The van der Waals surface area contributed by atoms with E-state index in [2.05, 4.69) is 10.4 Å². The Morgan fingerprint density at radius 1 is 1.41 bits per heavy atom. The number of hydrogen-bond donors (Lipinski definition) is 1. The van der Waals surface area contributed by atoms with Crippen LogP contribution in [0.1, 0.15) is 11.1 Å². The van der Waals surface area contributed by atoms with Gasteiger partial charge in [-0.1, -0.05) is 17.7 Å². The fourth-order valence-electron chi connectivity index (χ4n) is 1.65. The van der Waals surface area contributed by atoms with Crippen molar-refractivity contribution < 1.29 is 0 Å². The molecule has 0 aliphatic rings. The molecule has 0 radical (unpaired) electrons. The zero-order chi connectivity index (χ0) is 12.3. The lowest BCUT2D eigenvalue weighted by Crippen LogP contribution is -2.04. The van der Waals surface area contributed by atoms with Crippen LogP contribution in [0.5, 0.6) is 0 Å². The molecule has 0 aliphatic heterocycles. The highest BCUT2D eigenvalue weighted by Gasteiger charge is 1.99. The summed E-state index contributed by atoms with van der Waals surface area (Å²) in [7, 11) is 1.93. The number of hydrogen-bond acceptors (Lipinski definition) is 2. The third-order valence-electron chi connectivity index (χ3n) is 2.67. The van der Waals surface area contributed by atoms with Crippen molar-refractivity contribution in [2.24, 2.45) is 7.05 Å². The number of aromatic nitrogens is 2. The lowest BCUT2D eigenvalue weighted by molar-refractivity contribution is 0.767. The van der Waals surface area contributed by atoms with Gasteiger partial charge in [0.1, 0.15) is 0 Å².